The van der Waals surface area contributed by atoms with Gasteiger partial charge in [-0.05, 0) is 85.2 Å². The highest BCUT2D eigenvalue weighted by Crippen LogP contribution is 2.32. The van der Waals surface area contributed by atoms with Crippen LogP contribution in [0.4, 0.5) is 4.39 Å². The van der Waals surface area contributed by atoms with E-state index in [1.807, 2.05) is 19.9 Å². The second-order valence-electron chi connectivity index (χ2n) is 7.85. The first kappa shape index (κ1) is 27.1. The third-order valence-corrected chi connectivity index (χ3v) is 6.02. The van der Waals surface area contributed by atoms with Gasteiger partial charge in [-0.15, -0.1) is 0 Å². The molecular formula is C27H42FNO2. The number of hydrogen-bond donors (Lipinski definition) is 2. The van der Waals surface area contributed by atoms with E-state index in [1.165, 1.54) is 41.7 Å². The van der Waals surface area contributed by atoms with E-state index in [0.717, 1.165) is 51.3 Å². The Morgan fingerprint density at radius 3 is 2.52 bits per heavy atom. The Kier molecular flexibility index (Phi) is 13.1. The monoisotopic (exact) mass is 431 g/mol. The van der Waals surface area contributed by atoms with Crippen LogP contribution >= 0.6 is 0 Å². The summed E-state index contributed by atoms with van der Waals surface area (Å²) in [7, 11) is 2.61. The SMILES string of the molecule is CC.CCCC(CN)c1ccc2c(c1)CCC(CCc1ccc(F)cc1OC)C2.CO. The largest absolute Gasteiger partial charge is 0.496 e. The molecule has 2 aromatic rings. The van der Waals surface area contributed by atoms with Crippen LogP contribution < -0.4 is 10.5 Å². The molecule has 31 heavy (non-hydrogen) atoms. The lowest BCUT2D eigenvalue weighted by atomic mass is 9.79. The highest BCUT2D eigenvalue weighted by molar-refractivity contribution is 5.37. The van der Waals surface area contributed by atoms with E-state index in [0.29, 0.717) is 17.6 Å². The highest BCUT2D eigenvalue weighted by Gasteiger charge is 2.20. The van der Waals surface area contributed by atoms with Gasteiger partial charge in [0.15, 0.2) is 0 Å². The van der Waals surface area contributed by atoms with Gasteiger partial charge >= 0.3 is 0 Å². The lowest BCUT2D eigenvalue weighted by Gasteiger charge is -2.26. The Labute approximate surface area is 188 Å². The number of rotatable bonds is 8. The summed E-state index contributed by atoms with van der Waals surface area (Å²) in [5, 5.41) is 7.00. The molecule has 0 amide bonds. The minimum atomic E-state index is -0.239. The zero-order valence-electron chi connectivity index (χ0n) is 20.1. The van der Waals surface area contributed by atoms with E-state index in [2.05, 4.69) is 25.1 Å². The summed E-state index contributed by atoms with van der Waals surface area (Å²) in [5.41, 5.74) is 11.5. The molecule has 2 unspecified atom stereocenters. The highest BCUT2D eigenvalue weighted by atomic mass is 19.1. The maximum absolute atomic E-state index is 13.4. The quantitative estimate of drug-likeness (QED) is 0.535. The van der Waals surface area contributed by atoms with Crippen LogP contribution in [0, 0.1) is 11.7 Å². The second-order valence-corrected chi connectivity index (χ2v) is 7.85. The molecule has 0 saturated carbocycles. The third-order valence-electron chi connectivity index (χ3n) is 6.02. The summed E-state index contributed by atoms with van der Waals surface area (Å²) in [6, 6.07) is 11.9. The molecule has 2 atom stereocenters. The van der Waals surface area contributed by atoms with E-state index < -0.39 is 0 Å². The molecule has 0 fully saturated rings. The predicted molar refractivity (Wildman–Crippen MR) is 129 cm³/mol. The maximum Gasteiger partial charge on any atom is 0.126 e. The van der Waals surface area contributed by atoms with E-state index >= 15 is 0 Å². The Morgan fingerprint density at radius 2 is 1.87 bits per heavy atom. The van der Waals surface area contributed by atoms with E-state index in [9.17, 15) is 4.39 Å². The first-order valence-electron chi connectivity index (χ1n) is 11.7. The van der Waals surface area contributed by atoms with Crippen LogP contribution in [0.1, 0.15) is 74.6 Å². The fraction of sp³-hybridized carbons (Fsp3) is 0.556. The molecule has 0 aromatic heterocycles. The van der Waals surface area contributed by atoms with Crippen molar-refractivity contribution in [1.29, 1.82) is 0 Å². The van der Waals surface area contributed by atoms with Gasteiger partial charge in [0.05, 0.1) is 7.11 Å². The van der Waals surface area contributed by atoms with E-state index in [1.54, 1.807) is 7.11 Å². The lowest BCUT2D eigenvalue weighted by molar-refractivity contribution is 0.395. The summed E-state index contributed by atoms with van der Waals surface area (Å²) in [6.07, 6.45) is 7.90. The lowest BCUT2D eigenvalue weighted by Crippen LogP contribution is -2.17. The van der Waals surface area contributed by atoms with Gasteiger partial charge in [-0.25, -0.2) is 4.39 Å². The number of aliphatic hydroxyl groups excluding tert-OH is 1. The van der Waals surface area contributed by atoms with Crippen LogP contribution in [-0.4, -0.2) is 25.9 Å². The number of halogens is 1. The molecule has 2 aromatic carbocycles. The van der Waals surface area contributed by atoms with Crippen LogP contribution in [0.25, 0.3) is 0 Å². The van der Waals surface area contributed by atoms with E-state index in [-0.39, 0.29) is 5.82 Å². The smallest absolute Gasteiger partial charge is 0.126 e. The van der Waals surface area contributed by atoms with Crippen molar-refractivity contribution in [2.75, 3.05) is 20.8 Å². The molecule has 0 spiro atoms. The molecule has 0 aliphatic heterocycles. The topological polar surface area (TPSA) is 55.5 Å². The van der Waals surface area contributed by atoms with Crippen molar-refractivity contribution < 1.29 is 14.2 Å². The van der Waals surface area contributed by atoms with Gasteiger partial charge in [-0.1, -0.05) is 51.5 Å². The van der Waals surface area contributed by atoms with Crippen LogP contribution in [-0.2, 0) is 19.3 Å². The summed E-state index contributed by atoms with van der Waals surface area (Å²) < 4.78 is 18.7. The molecule has 0 radical (unpaired) electrons. The number of aliphatic hydroxyl groups is 1. The molecule has 0 bridgehead atoms. The standard InChI is InChI=1S/C24H32FNO.C2H6.CH4O/c1-3-4-22(16-26)21-10-9-19-13-17(6-8-20(19)14-21)5-7-18-11-12-23(25)15-24(18)27-2;2*1-2/h9-12,14-15,17,22H,3-8,13,16,26H2,1-2H3;1-2H3;2H,1H3. The third kappa shape index (κ3) is 7.93. The molecule has 0 saturated heterocycles. The number of nitrogens with two attached hydrogens (primary N) is 1. The first-order chi connectivity index (χ1) is 15.1. The van der Waals surface area contributed by atoms with Gasteiger partial charge in [0.1, 0.15) is 11.6 Å². The van der Waals surface area contributed by atoms with Gasteiger partial charge < -0.3 is 15.6 Å². The average Bonchev–Trinajstić information content (AvgIpc) is 2.83. The van der Waals surface area contributed by atoms with Crippen molar-refractivity contribution in [2.24, 2.45) is 11.7 Å². The molecular weight excluding hydrogens is 389 g/mol. The summed E-state index contributed by atoms with van der Waals surface area (Å²) in [6.45, 7) is 6.95. The molecule has 1 aliphatic rings. The maximum atomic E-state index is 13.4. The Bertz CT molecular complexity index is 763. The predicted octanol–water partition coefficient (Wildman–Crippen LogP) is 6.05. The van der Waals surface area contributed by atoms with Crippen molar-refractivity contribution in [1.82, 2.24) is 0 Å². The van der Waals surface area contributed by atoms with Crippen molar-refractivity contribution in [3.8, 4) is 5.75 Å². The van der Waals surface area contributed by atoms with Crippen molar-refractivity contribution >= 4 is 0 Å². The molecule has 3 nitrogen and oxygen atoms in total. The zero-order chi connectivity index (χ0) is 23.2. The number of fused-ring (bicyclic) bond motifs is 1. The van der Waals surface area contributed by atoms with Gasteiger partial charge in [0.2, 0.25) is 0 Å². The second kappa shape index (κ2) is 15.0. The van der Waals surface area contributed by atoms with E-state index in [4.69, 9.17) is 15.6 Å². The fourth-order valence-electron chi connectivity index (χ4n) is 4.40. The molecule has 1 aliphatic carbocycles. The number of benzene rings is 2. The van der Waals surface area contributed by atoms with Gasteiger partial charge in [0, 0.05) is 13.2 Å². The Morgan fingerprint density at radius 1 is 1.13 bits per heavy atom. The van der Waals surface area contributed by atoms with Crippen LogP contribution in [0.3, 0.4) is 0 Å². The summed E-state index contributed by atoms with van der Waals surface area (Å²) in [4.78, 5) is 0. The average molecular weight is 432 g/mol. The Balaban J connectivity index is 0.00000113. The normalized spacial score (nSPS) is 15.5. The minimum absolute atomic E-state index is 0.239. The Hall–Kier alpha value is -1.91. The van der Waals surface area contributed by atoms with Crippen molar-refractivity contribution in [3.05, 3.63) is 64.5 Å². The fourth-order valence-corrected chi connectivity index (χ4v) is 4.40. The van der Waals surface area contributed by atoms with Crippen molar-refractivity contribution in [2.45, 2.75) is 71.6 Å². The molecule has 174 valence electrons. The first-order valence-corrected chi connectivity index (χ1v) is 11.7. The van der Waals surface area contributed by atoms with Gasteiger partial charge in [0.25, 0.3) is 0 Å². The van der Waals surface area contributed by atoms with Crippen LogP contribution in [0.15, 0.2) is 36.4 Å². The number of aryl methyl sites for hydroxylation is 2. The van der Waals surface area contributed by atoms with Crippen LogP contribution in [0.2, 0.25) is 0 Å². The zero-order valence-corrected chi connectivity index (χ0v) is 20.1. The van der Waals surface area contributed by atoms with Crippen LogP contribution in [0.5, 0.6) is 5.75 Å². The number of hydrogen-bond acceptors (Lipinski definition) is 3. The molecule has 3 rings (SSSR count). The van der Waals surface area contributed by atoms with Crippen molar-refractivity contribution in [3.63, 3.8) is 0 Å². The summed E-state index contributed by atoms with van der Waals surface area (Å²) >= 11 is 0. The van der Waals surface area contributed by atoms with Gasteiger partial charge in [-0.3, -0.25) is 0 Å². The van der Waals surface area contributed by atoms with Gasteiger partial charge in [-0.2, -0.15) is 0 Å². The number of methoxy groups -OCH3 is 1. The molecule has 4 heteroatoms. The molecule has 0 heterocycles. The minimum Gasteiger partial charge on any atom is -0.496 e. The summed E-state index contributed by atoms with van der Waals surface area (Å²) in [5.74, 6) is 1.60. The molecule has 3 N–H and O–H groups in total. The number of ether oxygens (including phenoxy) is 1.